The van der Waals surface area contributed by atoms with E-state index in [0.717, 1.165) is 6.08 Å². The Morgan fingerprint density at radius 1 is 1.31 bits per heavy atom. The van der Waals surface area contributed by atoms with Crippen LogP contribution < -0.4 is 5.32 Å². The van der Waals surface area contributed by atoms with E-state index in [9.17, 15) is 14.0 Å². The molecule has 5 heteroatoms. The smallest absolute Gasteiger partial charge is 0.328 e. The third-order valence-corrected chi connectivity index (χ3v) is 1.80. The van der Waals surface area contributed by atoms with Crippen LogP contribution in [0.1, 0.15) is 6.92 Å². The second-order valence-electron chi connectivity index (χ2n) is 3.13. The molecule has 0 saturated heterocycles. The number of carbonyl (C=O) groups is 2. The zero-order valence-electron chi connectivity index (χ0n) is 8.53. The normalized spacial score (nSPS) is 11.0. The number of hydrogen-bond donors (Lipinski definition) is 2. The Bertz CT molecular complexity index is 437. The number of halogens is 1. The van der Waals surface area contributed by atoms with E-state index in [1.807, 2.05) is 0 Å². The Kier molecular flexibility index (Phi) is 3.77. The first-order valence-corrected chi connectivity index (χ1v) is 4.47. The van der Waals surface area contributed by atoms with Gasteiger partial charge in [0.1, 0.15) is 5.82 Å². The molecule has 1 aromatic rings. The van der Waals surface area contributed by atoms with Crippen molar-refractivity contribution in [3.63, 3.8) is 0 Å². The molecule has 0 atom stereocenters. The molecule has 0 bridgehead atoms. The van der Waals surface area contributed by atoms with Gasteiger partial charge in [-0.25, -0.2) is 9.18 Å². The molecule has 0 unspecified atom stereocenters. The Hall–Kier alpha value is -2.17. The maximum absolute atomic E-state index is 12.6. The first kappa shape index (κ1) is 11.9. The highest BCUT2D eigenvalue weighted by Crippen LogP contribution is 2.09. The molecule has 1 aromatic carbocycles. The zero-order valence-corrected chi connectivity index (χ0v) is 8.53. The maximum atomic E-state index is 12.6. The van der Waals surface area contributed by atoms with E-state index in [1.54, 1.807) is 0 Å². The summed E-state index contributed by atoms with van der Waals surface area (Å²) in [4.78, 5) is 21.7. The summed E-state index contributed by atoms with van der Waals surface area (Å²) >= 11 is 0. The summed E-state index contributed by atoms with van der Waals surface area (Å²) in [6.45, 7) is 1.38. The number of nitrogens with one attached hydrogen (secondary N) is 1. The summed E-state index contributed by atoms with van der Waals surface area (Å²) in [5.74, 6) is -2.13. The lowest BCUT2D eigenvalue weighted by atomic mass is 10.2. The van der Waals surface area contributed by atoms with Crippen LogP contribution in [-0.2, 0) is 9.59 Å². The van der Waals surface area contributed by atoms with Crippen molar-refractivity contribution in [3.8, 4) is 0 Å². The largest absolute Gasteiger partial charge is 0.478 e. The minimum atomic E-state index is -1.19. The van der Waals surface area contributed by atoms with Gasteiger partial charge in [-0.1, -0.05) is 0 Å². The summed E-state index contributed by atoms with van der Waals surface area (Å²) in [7, 11) is 0. The summed E-state index contributed by atoms with van der Waals surface area (Å²) in [5.41, 5.74) is 0.473. The predicted octanol–water partition coefficient (Wildman–Crippen LogP) is 1.80. The molecular weight excluding hydrogens is 213 g/mol. The van der Waals surface area contributed by atoms with Crippen LogP contribution in [0.25, 0.3) is 0 Å². The van der Waals surface area contributed by atoms with Gasteiger partial charge in [0.05, 0.1) is 0 Å². The first-order valence-electron chi connectivity index (χ1n) is 4.47. The number of carbonyl (C=O) groups excluding carboxylic acids is 1. The Morgan fingerprint density at radius 2 is 1.88 bits per heavy atom. The SMILES string of the molecule is C/C(=C/C(=O)O)C(=O)Nc1ccc(F)cc1. The predicted molar refractivity (Wildman–Crippen MR) is 56.4 cm³/mol. The van der Waals surface area contributed by atoms with Crippen molar-refractivity contribution in [2.45, 2.75) is 6.92 Å². The fourth-order valence-electron chi connectivity index (χ4n) is 1.01. The van der Waals surface area contributed by atoms with Crippen molar-refractivity contribution in [2.75, 3.05) is 5.32 Å². The average molecular weight is 223 g/mol. The minimum Gasteiger partial charge on any atom is -0.478 e. The number of carboxylic acid groups (broad SMARTS) is 1. The minimum absolute atomic E-state index is 0.0665. The molecule has 1 rings (SSSR count). The highest BCUT2D eigenvalue weighted by atomic mass is 19.1. The Morgan fingerprint density at radius 3 is 2.38 bits per heavy atom. The lowest BCUT2D eigenvalue weighted by molar-refractivity contribution is -0.131. The van der Waals surface area contributed by atoms with Crippen LogP contribution in [0, 0.1) is 5.82 Å². The molecule has 16 heavy (non-hydrogen) atoms. The average Bonchev–Trinajstić information content (AvgIpc) is 2.20. The Balaban J connectivity index is 2.71. The van der Waals surface area contributed by atoms with Crippen LogP contribution in [0.5, 0.6) is 0 Å². The van der Waals surface area contributed by atoms with Gasteiger partial charge in [0.25, 0.3) is 5.91 Å². The van der Waals surface area contributed by atoms with E-state index in [-0.39, 0.29) is 5.57 Å². The van der Waals surface area contributed by atoms with E-state index in [1.165, 1.54) is 31.2 Å². The molecule has 0 aromatic heterocycles. The summed E-state index contributed by atoms with van der Waals surface area (Å²) in [6, 6.07) is 5.18. The number of hydrogen-bond acceptors (Lipinski definition) is 2. The van der Waals surface area contributed by atoms with Crippen molar-refractivity contribution < 1.29 is 19.1 Å². The number of anilines is 1. The lowest BCUT2D eigenvalue weighted by Crippen LogP contribution is -2.13. The van der Waals surface area contributed by atoms with E-state index in [4.69, 9.17) is 5.11 Å². The molecule has 0 aliphatic heterocycles. The zero-order chi connectivity index (χ0) is 12.1. The third-order valence-electron chi connectivity index (χ3n) is 1.80. The molecule has 0 heterocycles. The summed E-state index contributed by atoms with van der Waals surface area (Å²) in [5, 5.41) is 10.9. The molecule has 0 fully saturated rings. The number of aliphatic carboxylic acids is 1. The first-order chi connectivity index (χ1) is 7.49. The van der Waals surface area contributed by atoms with Gasteiger partial charge in [-0.2, -0.15) is 0 Å². The van der Waals surface area contributed by atoms with E-state index >= 15 is 0 Å². The van der Waals surface area contributed by atoms with Crippen LogP contribution >= 0.6 is 0 Å². The van der Waals surface area contributed by atoms with E-state index < -0.39 is 17.7 Å². The number of carboxylic acids is 1. The Labute approximate surface area is 91.4 Å². The maximum Gasteiger partial charge on any atom is 0.328 e. The fraction of sp³-hybridized carbons (Fsp3) is 0.0909. The van der Waals surface area contributed by atoms with Crippen molar-refractivity contribution in [1.82, 2.24) is 0 Å². The second-order valence-corrected chi connectivity index (χ2v) is 3.13. The highest BCUT2D eigenvalue weighted by Gasteiger charge is 2.06. The molecular formula is C11H10FNO3. The van der Waals surface area contributed by atoms with Gasteiger partial charge >= 0.3 is 5.97 Å². The fourth-order valence-corrected chi connectivity index (χ4v) is 1.01. The molecule has 1 amide bonds. The summed E-state index contributed by atoms with van der Waals surface area (Å²) in [6.07, 6.45) is 0.804. The molecule has 0 spiro atoms. The third kappa shape index (κ3) is 3.53. The number of benzene rings is 1. The van der Waals surface area contributed by atoms with Crippen LogP contribution in [0.2, 0.25) is 0 Å². The van der Waals surface area contributed by atoms with Gasteiger partial charge in [-0.3, -0.25) is 4.79 Å². The molecule has 4 nitrogen and oxygen atoms in total. The van der Waals surface area contributed by atoms with Crippen molar-refractivity contribution in [1.29, 1.82) is 0 Å². The van der Waals surface area contributed by atoms with Gasteiger partial charge in [0, 0.05) is 17.3 Å². The topological polar surface area (TPSA) is 66.4 Å². The molecule has 0 saturated carbocycles. The second kappa shape index (κ2) is 5.06. The van der Waals surface area contributed by atoms with Crippen molar-refractivity contribution in [3.05, 3.63) is 41.7 Å². The van der Waals surface area contributed by atoms with Gasteiger partial charge in [0.15, 0.2) is 0 Å². The van der Waals surface area contributed by atoms with E-state index in [2.05, 4.69) is 5.32 Å². The van der Waals surface area contributed by atoms with Crippen LogP contribution in [-0.4, -0.2) is 17.0 Å². The lowest BCUT2D eigenvalue weighted by Gasteiger charge is -2.04. The monoisotopic (exact) mass is 223 g/mol. The van der Waals surface area contributed by atoms with Gasteiger partial charge in [0.2, 0.25) is 0 Å². The van der Waals surface area contributed by atoms with Gasteiger partial charge in [-0.05, 0) is 31.2 Å². The molecule has 84 valence electrons. The molecule has 2 N–H and O–H groups in total. The quantitative estimate of drug-likeness (QED) is 0.768. The highest BCUT2D eigenvalue weighted by molar-refractivity contribution is 6.06. The van der Waals surface area contributed by atoms with Crippen molar-refractivity contribution >= 4 is 17.6 Å². The number of amides is 1. The summed E-state index contributed by atoms with van der Waals surface area (Å²) < 4.78 is 12.6. The standard InChI is InChI=1S/C11H10FNO3/c1-7(6-10(14)15)11(16)13-9-4-2-8(12)3-5-9/h2-6H,1H3,(H,13,16)(H,14,15)/b7-6-. The van der Waals surface area contributed by atoms with Gasteiger partial charge in [-0.15, -0.1) is 0 Å². The van der Waals surface area contributed by atoms with Crippen LogP contribution in [0.3, 0.4) is 0 Å². The molecule has 0 radical (unpaired) electrons. The number of rotatable bonds is 3. The molecule has 0 aliphatic carbocycles. The van der Waals surface area contributed by atoms with E-state index in [0.29, 0.717) is 5.69 Å². The molecule has 0 aliphatic rings. The van der Waals surface area contributed by atoms with Crippen molar-refractivity contribution in [2.24, 2.45) is 0 Å². The van der Waals surface area contributed by atoms with Crippen LogP contribution in [0.15, 0.2) is 35.9 Å². The van der Waals surface area contributed by atoms with Gasteiger partial charge < -0.3 is 10.4 Å². The van der Waals surface area contributed by atoms with Crippen LogP contribution in [0.4, 0.5) is 10.1 Å².